The Morgan fingerprint density at radius 1 is 1.32 bits per heavy atom. The minimum Gasteiger partial charge on any atom is -0.354 e. The van der Waals surface area contributed by atoms with E-state index in [0.29, 0.717) is 18.8 Å². The lowest BCUT2D eigenvalue weighted by molar-refractivity contribution is -0.136. The highest BCUT2D eigenvalue weighted by atomic mass is 19.1. The molecule has 3 rings (SSSR count). The van der Waals surface area contributed by atoms with Crippen LogP contribution in [-0.2, 0) is 15.0 Å². The largest absolute Gasteiger partial charge is 0.354 e. The molecule has 2 N–H and O–H groups in total. The number of nitrogens with zero attached hydrogens (tertiary/aromatic N) is 1. The summed E-state index contributed by atoms with van der Waals surface area (Å²) in [6.07, 6.45) is 2.99. The van der Waals surface area contributed by atoms with Gasteiger partial charge in [-0.15, -0.1) is 0 Å². The molecule has 0 unspecified atom stereocenters. The molecular formula is C21H28FN3O3. The number of benzene rings is 1. The summed E-state index contributed by atoms with van der Waals surface area (Å²) in [5.41, 5.74) is -0.571. The smallest absolute Gasteiger partial charge is 0.325 e. The van der Waals surface area contributed by atoms with Crippen LogP contribution in [0.15, 0.2) is 24.3 Å². The molecule has 2 aliphatic rings. The second kappa shape index (κ2) is 7.53. The average Bonchev–Trinajstić information content (AvgIpc) is 2.87. The standard InChI is InChI=1S/C21H28FN3O3/c1-14-7-9-21(10-8-14)18(27)25(19(28)24-21)12-17(26)23-13-20(2,3)15-5-4-6-16(22)11-15/h4-6,11,14H,7-10,12-13H2,1-3H3,(H,23,26)(H,24,28). The Balaban J connectivity index is 1.59. The van der Waals surface area contributed by atoms with Crippen molar-refractivity contribution in [3.05, 3.63) is 35.6 Å². The summed E-state index contributed by atoms with van der Waals surface area (Å²) in [5, 5.41) is 5.59. The maximum atomic E-state index is 13.5. The summed E-state index contributed by atoms with van der Waals surface area (Å²) in [5.74, 6) is -0.501. The fourth-order valence-corrected chi connectivity index (χ4v) is 3.94. The van der Waals surface area contributed by atoms with Gasteiger partial charge in [0.15, 0.2) is 0 Å². The van der Waals surface area contributed by atoms with Crippen LogP contribution in [-0.4, -0.2) is 41.4 Å². The molecule has 0 aromatic heterocycles. The van der Waals surface area contributed by atoms with Crippen LogP contribution in [0.3, 0.4) is 0 Å². The Kier molecular flexibility index (Phi) is 5.46. The number of rotatable bonds is 5. The number of urea groups is 1. The summed E-state index contributed by atoms with van der Waals surface area (Å²) < 4.78 is 13.5. The number of hydrogen-bond donors (Lipinski definition) is 2. The number of halogens is 1. The third-order valence-corrected chi connectivity index (χ3v) is 6.01. The van der Waals surface area contributed by atoms with Crippen LogP contribution in [0.25, 0.3) is 0 Å². The van der Waals surface area contributed by atoms with Crippen LogP contribution in [0.4, 0.5) is 9.18 Å². The maximum absolute atomic E-state index is 13.5. The fraction of sp³-hybridized carbons (Fsp3) is 0.571. The molecule has 28 heavy (non-hydrogen) atoms. The predicted octanol–water partition coefficient (Wildman–Crippen LogP) is 2.72. The van der Waals surface area contributed by atoms with Crippen LogP contribution >= 0.6 is 0 Å². The van der Waals surface area contributed by atoms with Crippen LogP contribution in [0, 0.1) is 11.7 Å². The zero-order valence-electron chi connectivity index (χ0n) is 16.7. The van der Waals surface area contributed by atoms with E-state index in [2.05, 4.69) is 17.6 Å². The van der Waals surface area contributed by atoms with Gasteiger partial charge in [-0.25, -0.2) is 9.18 Å². The SMILES string of the molecule is CC1CCC2(CC1)NC(=O)N(CC(=O)NCC(C)(C)c1cccc(F)c1)C2=O. The summed E-state index contributed by atoms with van der Waals surface area (Å²) in [4.78, 5) is 38.5. The molecular weight excluding hydrogens is 361 g/mol. The highest BCUT2D eigenvalue weighted by Crippen LogP contribution is 2.36. The van der Waals surface area contributed by atoms with Crippen molar-refractivity contribution in [1.29, 1.82) is 0 Å². The highest BCUT2D eigenvalue weighted by Gasteiger charge is 2.52. The lowest BCUT2D eigenvalue weighted by atomic mass is 9.77. The van der Waals surface area contributed by atoms with Gasteiger partial charge in [0, 0.05) is 12.0 Å². The number of nitrogens with one attached hydrogen (secondary N) is 2. The molecule has 1 aromatic rings. The van der Waals surface area contributed by atoms with E-state index in [1.54, 1.807) is 12.1 Å². The highest BCUT2D eigenvalue weighted by molar-refractivity contribution is 6.09. The van der Waals surface area contributed by atoms with Gasteiger partial charge < -0.3 is 10.6 Å². The van der Waals surface area contributed by atoms with Crippen molar-refractivity contribution in [3.8, 4) is 0 Å². The number of carbonyl (C=O) groups is 3. The quantitative estimate of drug-likeness (QED) is 0.760. The van der Waals surface area contributed by atoms with Gasteiger partial charge in [0.25, 0.3) is 5.91 Å². The first-order valence-electron chi connectivity index (χ1n) is 9.80. The Morgan fingerprint density at radius 2 is 2.00 bits per heavy atom. The van der Waals surface area contributed by atoms with Gasteiger partial charge in [-0.2, -0.15) is 0 Å². The van der Waals surface area contributed by atoms with Crippen molar-refractivity contribution in [2.45, 2.75) is 57.4 Å². The van der Waals surface area contributed by atoms with Gasteiger partial charge in [-0.1, -0.05) is 32.9 Å². The normalized spacial score (nSPS) is 25.1. The lowest BCUT2D eigenvalue weighted by Crippen LogP contribution is -2.50. The van der Waals surface area contributed by atoms with Gasteiger partial charge in [-0.05, 0) is 49.3 Å². The Hall–Kier alpha value is -2.44. The molecule has 6 nitrogen and oxygen atoms in total. The van der Waals surface area contributed by atoms with E-state index in [1.165, 1.54) is 12.1 Å². The van der Waals surface area contributed by atoms with E-state index in [4.69, 9.17) is 0 Å². The fourth-order valence-electron chi connectivity index (χ4n) is 3.94. The van der Waals surface area contributed by atoms with E-state index < -0.39 is 22.9 Å². The van der Waals surface area contributed by atoms with Crippen molar-refractivity contribution in [2.24, 2.45) is 5.92 Å². The predicted molar refractivity (Wildman–Crippen MR) is 103 cm³/mol. The molecule has 2 fully saturated rings. The van der Waals surface area contributed by atoms with Crippen molar-refractivity contribution in [2.75, 3.05) is 13.1 Å². The zero-order chi connectivity index (χ0) is 20.5. The first-order chi connectivity index (χ1) is 13.1. The summed E-state index contributed by atoms with van der Waals surface area (Å²) in [7, 11) is 0. The molecule has 4 amide bonds. The third kappa shape index (κ3) is 4.03. The monoisotopic (exact) mass is 389 g/mol. The number of imide groups is 1. The van der Waals surface area contributed by atoms with E-state index >= 15 is 0 Å². The molecule has 0 atom stereocenters. The van der Waals surface area contributed by atoms with Gasteiger partial charge in [0.1, 0.15) is 17.9 Å². The molecule has 1 aliphatic heterocycles. The Bertz CT molecular complexity index is 785. The van der Waals surface area contributed by atoms with Crippen molar-refractivity contribution < 1.29 is 18.8 Å². The first-order valence-corrected chi connectivity index (χ1v) is 9.80. The van der Waals surface area contributed by atoms with Crippen molar-refractivity contribution >= 4 is 17.8 Å². The summed E-state index contributed by atoms with van der Waals surface area (Å²) in [6.45, 7) is 5.89. The second-order valence-corrected chi connectivity index (χ2v) is 8.76. The average molecular weight is 389 g/mol. The third-order valence-electron chi connectivity index (χ3n) is 6.01. The Labute approximate surface area is 164 Å². The molecule has 1 spiro atoms. The zero-order valence-corrected chi connectivity index (χ0v) is 16.7. The van der Waals surface area contributed by atoms with Crippen LogP contribution in [0.2, 0.25) is 0 Å². The van der Waals surface area contributed by atoms with Gasteiger partial charge >= 0.3 is 6.03 Å². The van der Waals surface area contributed by atoms with E-state index in [9.17, 15) is 18.8 Å². The van der Waals surface area contributed by atoms with Crippen molar-refractivity contribution in [3.63, 3.8) is 0 Å². The van der Waals surface area contributed by atoms with Crippen molar-refractivity contribution in [1.82, 2.24) is 15.5 Å². The molecule has 1 saturated carbocycles. The topological polar surface area (TPSA) is 78.5 Å². The van der Waals surface area contributed by atoms with Gasteiger partial charge in [0.05, 0.1) is 0 Å². The maximum Gasteiger partial charge on any atom is 0.325 e. The molecule has 7 heteroatoms. The molecule has 1 aromatic carbocycles. The van der Waals surface area contributed by atoms with Gasteiger partial charge in [-0.3, -0.25) is 14.5 Å². The molecule has 1 saturated heterocycles. The summed E-state index contributed by atoms with van der Waals surface area (Å²) >= 11 is 0. The van der Waals surface area contributed by atoms with E-state index in [0.717, 1.165) is 23.3 Å². The minimum atomic E-state index is -0.843. The van der Waals surface area contributed by atoms with Crippen LogP contribution in [0.5, 0.6) is 0 Å². The molecule has 1 aliphatic carbocycles. The Morgan fingerprint density at radius 3 is 2.64 bits per heavy atom. The number of amides is 4. The lowest BCUT2D eigenvalue weighted by Gasteiger charge is -2.33. The molecule has 152 valence electrons. The van der Waals surface area contributed by atoms with E-state index in [1.807, 2.05) is 13.8 Å². The van der Waals surface area contributed by atoms with Crippen LogP contribution in [0.1, 0.15) is 52.0 Å². The van der Waals surface area contributed by atoms with Crippen LogP contribution < -0.4 is 10.6 Å². The number of hydrogen-bond acceptors (Lipinski definition) is 3. The first kappa shape index (κ1) is 20.3. The number of carbonyl (C=O) groups excluding carboxylic acids is 3. The second-order valence-electron chi connectivity index (χ2n) is 8.76. The molecule has 1 heterocycles. The molecule has 0 radical (unpaired) electrons. The molecule has 0 bridgehead atoms. The van der Waals surface area contributed by atoms with E-state index in [-0.39, 0.29) is 24.8 Å². The van der Waals surface area contributed by atoms with Gasteiger partial charge in [0.2, 0.25) is 5.91 Å². The minimum absolute atomic E-state index is 0.265. The summed E-state index contributed by atoms with van der Waals surface area (Å²) in [6, 6.07) is 5.75.